The van der Waals surface area contributed by atoms with Gasteiger partial charge in [0, 0.05) is 17.1 Å². The second kappa shape index (κ2) is 8.79. The van der Waals surface area contributed by atoms with Crippen molar-refractivity contribution in [3.8, 4) is 0 Å². The monoisotopic (exact) mass is 399 g/mol. The fourth-order valence-corrected chi connectivity index (χ4v) is 3.57. The van der Waals surface area contributed by atoms with Crippen LogP contribution in [0.5, 0.6) is 0 Å². The number of carbonyl (C=O) groups is 2. The van der Waals surface area contributed by atoms with E-state index in [0.29, 0.717) is 39.3 Å². The molecule has 7 heteroatoms. The van der Waals surface area contributed by atoms with Crippen molar-refractivity contribution in [2.24, 2.45) is 0 Å². The van der Waals surface area contributed by atoms with Gasteiger partial charge in [0.1, 0.15) is 0 Å². The van der Waals surface area contributed by atoms with Crippen LogP contribution in [0.3, 0.4) is 0 Å². The summed E-state index contributed by atoms with van der Waals surface area (Å²) in [6, 6.07) is 16.2. The van der Waals surface area contributed by atoms with Gasteiger partial charge in [-0.15, -0.1) is 0 Å². The van der Waals surface area contributed by atoms with Gasteiger partial charge in [0.2, 0.25) is 0 Å². The van der Waals surface area contributed by atoms with E-state index < -0.39 is 6.03 Å². The van der Waals surface area contributed by atoms with Crippen molar-refractivity contribution < 1.29 is 9.59 Å². The summed E-state index contributed by atoms with van der Waals surface area (Å²) in [7, 11) is 0. The maximum atomic E-state index is 12.5. The van der Waals surface area contributed by atoms with Crippen LogP contribution < -0.4 is 10.6 Å². The summed E-state index contributed by atoms with van der Waals surface area (Å²) in [6.45, 7) is 1.77. The van der Waals surface area contributed by atoms with E-state index in [-0.39, 0.29) is 5.78 Å². The Hall–Kier alpha value is -2.70. The van der Waals surface area contributed by atoms with Gasteiger partial charge in [-0.2, -0.15) is 0 Å². The van der Waals surface area contributed by atoms with Crippen molar-refractivity contribution in [2.75, 3.05) is 10.6 Å². The standard InChI is InChI=1S/C20H18ClN3O2S/c1-13-18(17(25)12-7-14-5-3-2-4-6-14)27-20(22-13)24-19(26)23-16-10-8-15(21)9-11-16/h2-6,8-11H,7,12H2,1H3,(H2,22,23,24,26). The van der Waals surface area contributed by atoms with Gasteiger partial charge in [0.25, 0.3) is 0 Å². The maximum Gasteiger partial charge on any atom is 0.325 e. The molecular weight excluding hydrogens is 382 g/mol. The lowest BCUT2D eigenvalue weighted by Gasteiger charge is -2.05. The number of amides is 2. The van der Waals surface area contributed by atoms with Crippen LogP contribution in [0.1, 0.15) is 27.3 Å². The molecule has 0 aliphatic rings. The largest absolute Gasteiger partial charge is 0.325 e. The van der Waals surface area contributed by atoms with Crippen LogP contribution >= 0.6 is 22.9 Å². The normalized spacial score (nSPS) is 10.4. The summed E-state index contributed by atoms with van der Waals surface area (Å²) in [4.78, 5) is 29.4. The number of ketones is 1. The highest BCUT2D eigenvalue weighted by molar-refractivity contribution is 7.17. The van der Waals surface area contributed by atoms with E-state index in [1.165, 1.54) is 11.3 Å². The first-order valence-corrected chi connectivity index (χ1v) is 9.59. The van der Waals surface area contributed by atoms with Crippen LogP contribution in [0.15, 0.2) is 54.6 Å². The number of benzene rings is 2. The van der Waals surface area contributed by atoms with E-state index in [0.717, 1.165) is 5.56 Å². The predicted molar refractivity (Wildman–Crippen MR) is 110 cm³/mol. The van der Waals surface area contributed by atoms with Crippen molar-refractivity contribution in [3.63, 3.8) is 0 Å². The van der Waals surface area contributed by atoms with E-state index in [2.05, 4.69) is 15.6 Å². The first-order valence-electron chi connectivity index (χ1n) is 8.39. The number of hydrogen-bond donors (Lipinski definition) is 2. The van der Waals surface area contributed by atoms with E-state index in [9.17, 15) is 9.59 Å². The zero-order valence-electron chi connectivity index (χ0n) is 14.7. The molecule has 1 heterocycles. The molecule has 0 spiro atoms. The SMILES string of the molecule is Cc1nc(NC(=O)Nc2ccc(Cl)cc2)sc1C(=O)CCc1ccccc1. The molecule has 0 unspecified atom stereocenters. The Labute approximate surface area is 166 Å². The lowest BCUT2D eigenvalue weighted by Crippen LogP contribution is -2.19. The molecule has 0 radical (unpaired) electrons. The fourth-order valence-electron chi connectivity index (χ4n) is 2.52. The zero-order chi connectivity index (χ0) is 19.2. The summed E-state index contributed by atoms with van der Waals surface area (Å²) in [5, 5.41) is 6.35. The highest BCUT2D eigenvalue weighted by atomic mass is 35.5. The van der Waals surface area contributed by atoms with Gasteiger partial charge in [-0.3, -0.25) is 10.1 Å². The van der Waals surface area contributed by atoms with Crippen LogP contribution in [0.4, 0.5) is 15.6 Å². The minimum absolute atomic E-state index is 0.0278. The molecule has 2 N–H and O–H groups in total. The summed E-state index contributed by atoms with van der Waals surface area (Å²) in [5.41, 5.74) is 2.36. The van der Waals surface area contributed by atoms with E-state index >= 15 is 0 Å². The van der Waals surface area contributed by atoms with Crippen molar-refractivity contribution in [2.45, 2.75) is 19.8 Å². The molecule has 0 aliphatic heterocycles. The Morgan fingerprint density at radius 3 is 2.44 bits per heavy atom. The second-order valence-corrected chi connectivity index (χ2v) is 7.36. The zero-order valence-corrected chi connectivity index (χ0v) is 16.2. The van der Waals surface area contributed by atoms with Gasteiger partial charge < -0.3 is 5.32 Å². The van der Waals surface area contributed by atoms with Gasteiger partial charge >= 0.3 is 6.03 Å². The van der Waals surface area contributed by atoms with Crippen molar-refractivity contribution in [1.29, 1.82) is 0 Å². The topological polar surface area (TPSA) is 71.1 Å². The molecule has 0 bridgehead atoms. The first-order chi connectivity index (χ1) is 13.0. The van der Waals surface area contributed by atoms with Crippen molar-refractivity contribution >= 4 is 45.6 Å². The Bertz CT molecular complexity index is 940. The van der Waals surface area contributed by atoms with Crippen LogP contribution in [0.25, 0.3) is 0 Å². The number of aryl methyl sites for hydroxylation is 2. The molecule has 138 valence electrons. The summed E-state index contributed by atoms with van der Waals surface area (Å²) >= 11 is 7.01. The third-order valence-corrected chi connectivity index (χ3v) is 5.22. The number of rotatable bonds is 6. The molecule has 0 saturated carbocycles. The molecule has 0 aliphatic carbocycles. The number of thiazole rings is 1. The Morgan fingerprint density at radius 2 is 1.74 bits per heavy atom. The maximum absolute atomic E-state index is 12.5. The number of carbonyl (C=O) groups excluding carboxylic acids is 2. The van der Waals surface area contributed by atoms with E-state index in [1.807, 2.05) is 30.3 Å². The van der Waals surface area contributed by atoms with E-state index in [1.54, 1.807) is 31.2 Å². The number of halogens is 1. The van der Waals surface area contributed by atoms with Gasteiger partial charge in [-0.25, -0.2) is 9.78 Å². The predicted octanol–water partition coefficient (Wildman–Crippen LogP) is 5.56. The minimum atomic E-state index is -0.422. The Kier molecular flexibility index (Phi) is 6.21. The van der Waals surface area contributed by atoms with Gasteiger partial charge in [-0.1, -0.05) is 53.3 Å². The van der Waals surface area contributed by atoms with Crippen LogP contribution in [-0.2, 0) is 6.42 Å². The summed E-state index contributed by atoms with van der Waals surface area (Å²) < 4.78 is 0. The smallest absolute Gasteiger partial charge is 0.308 e. The van der Waals surface area contributed by atoms with Crippen molar-refractivity contribution in [3.05, 3.63) is 75.8 Å². The molecule has 0 saturated heterocycles. The Balaban J connectivity index is 1.59. The molecule has 3 aromatic rings. The lowest BCUT2D eigenvalue weighted by atomic mass is 10.1. The lowest BCUT2D eigenvalue weighted by molar-refractivity contribution is 0.0986. The highest BCUT2D eigenvalue weighted by Crippen LogP contribution is 2.25. The molecule has 27 heavy (non-hydrogen) atoms. The average molecular weight is 400 g/mol. The van der Waals surface area contributed by atoms with Gasteiger partial charge in [-0.05, 0) is 43.2 Å². The molecule has 2 aromatic carbocycles. The van der Waals surface area contributed by atoms with Gasteiger partial charge in [0.05, 0.1) is 10.6 Å². The van der Waals surface area contributed by atoms with Crippen LogP contribution in [0.2, 0.25) is 5.02 Å². The average Bonchev–Trinajstić information content (AvgIpc) is 3.02. The number of aromatic nitrogens is 1. The minimum Gasteiger partial charge on any atom is -0.308 e. The first kappa shape index (κ1) is 19.1. The van der Waals surface area contributed by atoms with Gasteiger partial charge in [0.15, 0.2) is 10.9 Å². The number of urea groups is 1. The summed E-state index contributed by atoms with van der Waals surface area (Å²) in [6.07, 6.45) is 1.08. The molecule has 0 fully saturated rings. The molecular formula is C20H18ClN3O2S. The Morgan fingerprint density at radius 1 is 1.04 bits per heavy atom. The number of anilines is 2. The number of Topliss-reactive ketones (excluding diaryl/α,β-unsaturated/α-hetero) is 1. The fraction of sp³-hybridized carbons (Fsp3) is 0.150. The molecule has 2 amide bonds. The molecule has 1 aromatic heterocycles. The van der Waals surface area contributed by atoms with Crippen LogP contribution in [-0.4, -0.2) is 16.8 Å². The third-order valence-electron chi connectivity index (χ3n) is 3.86. The quantitative estimate of drug-likeness (QED) is 0.532. The van der Waals surface area contributed by atoms with Crippen molar-refractivity contribution in [1.82, 2.24) is 4.98 Å². The number of nitrogens with zero attached hydrogens (tertiary/aromatic N) is 1. The second-order valence-electron chi connectivity index (χ2n) is 5.93. The highest BCUT2D eigenvalue weighted by Gasteiger charge is 2.16. The third kappa shape index (κ3) is 5.39. The number of hydrogen-bond acceptors (Lipinski definition) is 4. The van der Waals surface area contributed by atoms with E-state index in [4.69, 9.17) is 11.6 Å². The number of nitrogens with one attached hydrogen (secondary N) is 2. The molecule has 0 atom stereocenters. The van der Waals surface area contributed by atoms with Crippen LogP contribution in [0, 0.1) is 6.92 Å². The summed E-state index contributed by atoms with van der Waals surface area (Å²) in [5.74, 6) is 0.0278. The molecule has 3 rings (SSSR count). The molecule has 5 nitrogen and oxygen atoms in total.